The molecular formula is C18H22N2O. The van der Waals surface area contributed by atoms with Crippen molar-refractivity contribution in [2.24, 2.45) is 0 Å². The van der Waals surface area contributed by atoms with Crippen LogP contribution in [0.4, 0.5) is 0 Å². The number of amides is 1. The molecule has 2 rings (SSSR count). The fourth-order valence-electron chi connectivity index (χ4n) is 2.73. The first-order chi connectivity index (χ1) is 10.1. The Kier molecular flexibility index (Phi) is 5.16. The molecule has 0 heterocycles. The molecule has 3 nitrogen and oxygen atoms in total. The van der Waals surface area contributed by atoms with Gasteiger partial charge in [-0.2, -0.15) is 5.26 Å². The number of aryl methyl sites for hydroxylation is 2. The Hall–Kier alpha value is -2.08. The second-order valence-corrected chi connectivity index (χ2v) is 5.84. The average molecular weight is 282 g/mol. The van der Waals surface area contributed by atoms with Crippen LogP contribution in [0.15, 0.2) is 23.8 Å². The number of nitrogens with zero attached hydrogens (tertiary/aromatic N) is 1. The number of nitriles is 1. The third-order valence-corrected chi connectivity index (χ3v) is 4.04. The van der Waals surface area contributed by atoms with Crippen molar-refractivity contribution in [3.8, 4) is 6.07 Å². The molecule has 0 bridgehead atoms. The van der Waals surface area contributed by atoms with Crippen LogP contribution in [0.1, 0.15) is 48.8 Å². The Bertz CT molecular complexity index is 590. The van der Waals surface area contributed by atoms with Crippen molar-refractivity contribution in [1.29, 1.82) is 5.26 Å². The summed E-state index contributed by atoms with van der Waals surface area (Å²) >= 11 is 0. The van der Waals surface area contributed by atoms with Crippen LogP contribution in [0.2, 0.25) is 0 Å². The summed E-state index contributed by atoms with van der Waals surface area (Å²) in [7, 11) is 0. The lowest BCUT2D eigenvalue weighted by molar-refractivity contribution is -0.117. The Labute approximate surface area is 126 Å². The first-order valence-electron chi connectivity index (χ1n) is 7.60. The maximum absolute atomic E-state index is 12.2. The van der Waals surface area contributed by atoms with Crippen LogP contribution in [0, 0.1) is 25.2 Å². The molecule has 1 fully saturated rings. The number of benzene rings is 1. The second kappa shape index (κ2) is 7.08. The van der Waals surface area contributed by atoms with Crippen molar-refractivity contribution in [2.45, 2.75) is 52.0 Å². The largest absolute Gasteiger partial charge is 0.349 e. The predicted molar refractivity (Wildman–Crippen MR) is 84.5 cm³/mol. The molecule has 1 saturated carbocycles. The van der Waals surface area contributed by atoms with Gasteiger partial charge >= 0.3 is 0 Å². The van der Waals surface area contributed by atoms with E-state index in [4.69, 9.17) is 0 Å². The normalized spacial score (nSPS) is 16.3. The Balaban J connectivity index is 2.14. The average Bonchev–Trinajstić information content (AvgIpc) is 2.49. The third kappa shape index (κ3) is 4.19. The lowest BCUT2D eigenvalue weighted by atomic mass is 9.95. The molecule has 0 spiro atoms. The maximum atomic E-state index is 12.2. The highest BCUT2D eigenvalue weighted by Crippen LogP contribution is 2.19. The standard InChI is InChI=1S/C18H22N2O/c1-13-8-9-14(2)15(10-13)11-16(12-19)18(21)20-17-6-4-3-5-7-17/h8-11,17H,3-7H2,1-2H3,(H,20,21)/b16-11+. The SMILES string of the molecule is Cc1ccc(C)c(/C=C(\C#N)C(=O)NC2CCCCC2)c1. The van der Waals surface area contributed by atoms with Crippen molar-refractivity contribution in [3.63, 3.8) is 0 Å². The molecule has 0 radical (unpaired) electrons. The molecule has 1 aromatic rings. The predicted octanol–water partition coefficient (Wildman–Crippen LogP) is 3.66. The van der Waals surface area contributed by atoms with E-state index in [1.165, 1.54) is 6.42 Å². The quantitative estimate of drug-likeness (QED) is 0.679. The van der Waals surface area contributed by atoms with Crippen molar-refractivity contribution in [1.82, 2.24) is 5.32 Å². The van der Waals surface area contributed by atoms with E-state index < -0.39 is 0 Å². The third-order valence-electron chi connectivity index (χ3n) is 4.04. The number of carbonyl (C=O) groups is 1. The minimum Gasteiger partial charge on any atom is -0.349 e. The number of nitrogens with one attached hydrogen (secondary N) is 1. The number of hydrogen-bond acceptors (Lipinski definition) is 2. The fraction of sp³-hybridized carbons (Fsp3) is 0.444. The lowest BCUT2D eigenvalue weighted by Crippen LogP contribution is -2.36. The molecule has 0 aromatic heterocycles. The van der Waals surface area contributed by atoms with Gasteiger partial charge in [0.2, 0.25) is 0 Å². The summed E-state index contributed by atoms with van der Waals surface area (Å²) in [4.78, 5) is 12.2. The molecule has 0 atom stereocenters. The molecule has 1 aromatic carbocycles. The summed E-state index contributed by atoms with van der Waals surface area (Å²) in [6, 6.07) is 8.30. The highest BCUT2D eigenvalue weighted by atomic mass is 16.1. The first kappa shape index (κ1) is 15.3. The smallest absolute Gasteiger partial charge is 0.262 e. The van der Waals surface area contributed by atoms with Gasteiger partial charge < -0.3 is 5.32 Å². The maximum Gasteiger partial charge on any atom is 0.262 e. The monoisotopic (exact) mass is 282 g/mol. The van der Waals surface area contributed by atoms with Crippen LogP contribution in [0.3, 0.4) is 0 Å². The summed E-state index contributed by atoms with van der Waals surface area (Å²) in [6.45, 7) is 3.99. The van der Waals surface area contributed by atoms with Crippen LogP contribution in [0.25, 0.3) is 6.08 Å². The van der Waals surface area contributed by atoms with E-state index in [0.29, 0.717) is 0 Å². The van der Waals surface area contributed by atoms with Crippen LogP contribution < -0.4 is 5.32 Å². The zero-order valence-corrected chi connectivity index (χ0v) is 12.8. The van der Waals surface area contributed by atoms with Gasteiger partial charge in [0.1, 0.15) is 11.6 Å². The highest BCUT2D eigenvalue weighted by Gasteiger charge is 2.18. The number of hydrogen-bond donors (Lipinski definition) is 1. The van der Waals surface area contributed by atoms with Crippen LogP contribution in [-0.4, -0.2) is 11.9 Å². The summed E-state index contributed by atoms with van der Waals surface area (Å²) in [5.41, 5.74) is 3.32. The molecule has 21 heavy (non-hydrogen) atoms. The van der Waals surface area contributed by atoms with Gasteiger partial charge in [-0.05, 0) is 43.9 Å². The van der Waals surface area contributed by atoms with E-state index in [0.717, 1.165) is 42.4 Å². The van der Waals surface area contributed by atoms with Crippen LogP contribution in [0.5, 0.6) is 0 Å². The molecule has 1 aliphatic carbocycles. The van der Waals surface area contributed by atoms with Gasteiger partial charge in [-0.25, -0.2) is 0 Å². The zero-order valence-electron chi connectivity index (χ0n) is 12.8. The first-order valence-corrected chi connectivity index (χ1v) is 7.60. The topological polar surface area (TPSA) is 52.9 Å². The number of rotatable bonds is 3. The lowest BCUT2D eigenvalue weighted by Gasteiger charge is -2.22. The molecule has 1 aliphatic rings. The Morgan fingerprint density at radius 1 is 1.29 bits per heavy atom. The summed E-state index contributed by atoms with van der Waals surface area (Å²) in [5, 5.41) is 12.3. The van der Waals surface area contributed by atoms with Gasteiger partial charge in [-0.3, -0.25) is 4.79 Å². The molecule has 0 aliphatic heterocycles. The van der Waals surface area contributed by atoms with E-state index >= 15 is 0 Å². The van der Waals surface area contributed by atoms with Crippen molar-refractivity contribution in [2.75, 3.05) is 0 Å². The second-order valence-electron chi connectivity index (χ2n) is 5.84. The van der Waals surface area contributed by atoms with E-state index in [2.05, 4.69) is 5.32 Å². The molecule has 1 amide bonds. The van der Waals surface area contributed by atoms with Gasteiger partial charge in [0, 0.05) is 6.04 Å². The van der Waals surface area contributed by atoms with Gasteiger partial charge in [-0.15, -0.1) is 0 Å². The summed E-state index contributed by atoms with van der Waals surface area (Å²) in [5.74, 6) is -0.245. The van der Waals surface area contributed by atoms with Crippen molar-refractivity contribution >= 4 is 12.0 Å². The Morgan fingerprint density at radius 3 is 2.67 bits per heavy atom. The minimum atomic E-state index is -0.245. The van der Waals surface area contributed by atoms with Crippen molar-refractivity contribution in [3.05, 3.63) is 40.5 Å². The van der Waals surface area contributed by atoms with Gasteiger partial charge in [0.25, 0.3) is 5.91 Å². The van der Waals surface area contributed by atoms with Gasteiger partial charge in [0.15, 0.2) is 0 Å². The molecule has 110 valence electrons. The molecule has 1 N–H and O–H groups in total. The van der Waals surface area contributed by atoms with Crippen molar-refractivity contribution < 1.29 is 4.79 Å². The molecule has 3 heteroatoms. The summed E-state index contributed by atoms with van der Waals surface area (Å²) < 4.78 is 0. The highest BCUT2D eigenvalue weighted by molar-refractivity contribution is 6.02. The molecule has 0 unspecified atom stereocenters. The van der Waals surface area contributed by atoms with E-state index in [-0.39, 0.29) is 17.5 Å². The van der Waals surface area contributed by atoms with Gasteiger partial charge in [0.05, 0.1) is 0 Å². The summed E-state index contributed by atoms with van der Waals surface area (Å²) in [6.07, 6.45) is 7.30. The van der Waals surface area contributed by atoms with E-state index in [9.17, 15) is 10.1 Å². The van der Waals surface area contributed by atoms with Crippen LogP contribution in [-0.2, 0) is 4.79 Å². The minimum absolute atomic E-state index is 0.189. The van der Waals surface area contributed by atoms with E-state index in [1.54, 1.807) is 6.08 Å². The Morgan fingerprint density at radius 2 is 2.00 bits per heavy atom. The zero-order chi connectivity index (χ0) is 15.2. The van der Waals surface area contributed by atoms with E-state index in [1.807, 2.05) is 38.1 Å². The molecule has 0 saturated heterocycles. The van der Waals surface area contributed by atoms with Gasteiger partial charge in [-0.1, -0.05) is 43.0 Å². The fourth-order valence-corrected chi connectivity index (χ4v) is 2.73. The van der Waals surface area contributed by atoms with Crippen LogP contribution >= 0.6 is 0 Å². The number of carbonyl (C=O) groups excluding carboxylic acids is 1. The molecular weight excluding hydrogens is 260 g/mol.